The lowest BCUT2D eigenvalue weighted by molar-refractivity contribution is 0.597. The minimum atomic E-state index is -3.98. The first kappa shape index (κ1) is 18.9. The van der Waals surface area contributed by atoms with Crippen LogP contribution in [0.15, 0.2) is 56.7 Å². The number of primary sulfonamides is 1. The minimum absolute atomic E-state index is 0.0753. The fourth-order valence-electron chi connectivity index (χ4n) is 2.23. The maximum absolute atomic E-state index is 12.1. The number of halogens is 1. The molecule has 0 amide bonds. The van der Waals surface area contributed by atoms with Crippen molar-refractivity contribution in [3.63, 3.8) is 0 Å². The first-order valence-electron chi connectivity index (χ1n) is 6.81. The molecular weight excluding hydrogens is 416 g/mol. The Labute approximate surface area is 150 Å². The van der Waals surface area contributed by atoms with E-state index in [1.165, 1.54) is 12.1 Å². The molecule has 0 heterocycles. The number of rotatable bonds is 5. The predicted molar refractivity (Wildman–Crippen MR) is 97.2 cm³/mol. The van der Waals surface area contributed by atoms with Gasteiger partial charge in [-0.1, -0.05) is 28.1 Å². The second kappa shape index (κ2) is 6.83. The van der Waals surface area contributed by atoms with Gasteiger partial charge in [0.1, 0.15) is 0 Å². The summed E-state index contributed by atoms with van der Waals surface area (Å²) in [5.41, 5.74) is 1.39. The molecule has 0 spiro atoms. The first-order valence-corrected chi connectivity index (χ1v) is 11.0. The summed E-state index contributed by atoms with van der Waals surface area (Å²) >= 11 is 3.36. The lowest BCUT2D eigenvalue weighted by Crippen LogP contribution is -2.20. The Morgan fingerprint density at radius 1 is 1.04 bits per heavy atom. The summed E-state index contributed by atoms with van der Waals surface area (Å²) in [6.45, 7) is 0.463. The van der Waals surface area contributed by atoms with Crippen molar-refractivity contribution in [2.24, 2.45) is 5.14 Å². The average Bonchev–Trinajstić information content (AvgIpc) is 2.47. The highest BCUT2D eigenvalue weighted by Crippen LogP contribution is 2.28. The largest absolute Gasteiger partial charge is 0.369 e. The molecule has 6 nitrogen and oxygen atoms in total. The van der Waals surface area contributed by atoms with E-state index < -0.39 is 19.9 Å². The summed E-state index contributed by atoms with van der Waals surface area (Å²) < 4.78 is 48.0. The van der Waals surface area contributed by atoms with Gasteiger partial charge in [-0.15, -0.1) is 0 Å². The molecule has 24 heavy (non-hydrogen) atoms. The van der Waals surface area contributed by atoms with Crippen molar-refractivity contribution in [2.45, 2.75) is 16.3 Å². The van der Waals surface area contributed by atoms with Gasteiger partial charge in [-0.05, 0) is 35.9 Å². The third-order valence-electron chi connectivity index (χ3n) is 3.40. The van der Waals surface area contributed by atoms with E-state index in [1.54, 1.807) is 11.9 Å². The van der Waals surface area contributed by atoms with Crippen LogP contribution in [0.2, 0.25) is 0 Å². The van der Waals surface area contributed by atoms with Crippen LogP contribution >= 0.6 is 15.9 Å². The maximum atomic E-state index is 12.1. The van der Waals surface area contributed by atoms with Crippen molar-refractivity contribution < 1.29 is 16.8 Å². The minimum Gasteiger partial charge on any atom is -0.369 e. The first-order chi connectivity index (χ1) is 11.0. The van der Waals surface area contributed by atoms with E-state index in [2.05, 4.69) is 15.9 Å². The molecule has 2 aromatic carbocycles. The number of nitrogens with zero attached hydrogens (tertiary/aromatic N) is 1. The number of sulfone groups is 1. The number of hydrogen-bond acceptors (Lipinski definition) is 5. The summed E-state index contributed by atoms with van der Waals surface area (Å²) in [7, 11) is -5.87. The van der Waals surface area contributed by atoms with Crippen molar-refractivity contribution in [1.29, 1.82) is 0 Å². The Balaban J connectivity index is 2.47. The molecule has 0 saturated heterocycles. The molecule has 0 fully saturated rings. The van der Waals surface area contributed by atoms with Gasteiger partial charge < -0.3 is 4.90 Å². The highest BCUT2D eigenvalue weighted by molar-refractivity contribution is 9.10. The average molecular weight is 433 g/mol. The highest BCUT2D eigenvalue weighted by atomic mass is 79.9. The zero-order valence-electron chi connectivity index (χ0n) is 13.1. The molecule has 130 valence electrons. The predicted octanol–water partition coefficient (Wildman–Crippen LogP) is 2.14. The molecule has 0 aliphatic carbocycles. The lowest BCUT2D eigenvalue weighted by Gasteiger charge is -2.22. The summed E-state index contributed by atoms with van der Waals surface area (Å²) in [6, 6.07) is 11.5. The molecule has 0 atom stereocenters. The number of benzene rings is 2. The SMILES string of the molecule is CN(Cc1ccc(Br)cc1)c1ccc(S(N)(=O)=O)cc1S(C)(=O)=O. The third-order valence-corrected chi connectivity index (χ3v) is 5.97. The maximum Gasteiger partial charge on any atom is 0.238 e. The van der Waals surface area contributed by atoms with Crippen LogP contribution < -0.4 is 10.0 Å². The van der Waals surface area contributed by atoms with Crippen LogP contribution in [0, 0.1) is 0 Å². The number of hydrogen-bond donors (Lipinski definition) is 1. The van der Waals surface area contributed by atoms with E-state index in [0.29, 0.717) is 12.2 Å². The third kappa shape index (κ3) is 4.56. The van der Waals surface area contributed by atoms with E-state index in [4.69, 9.17) is 5.14 Å². The Hall–Kier alpha value is -1.42. The standard InChI is InChI=1S/C15H17BrN2O4S2/c1-18(10-11-3-5-12(16)6-4-11)14-8-7-13(24(17,21)22)9-15(14)23(2,19)20/h3-9H,10H2,1-2H3,(H2,17,21,22). The van der Waals surface area contributed by atoms with E-state index in [1.807, 2.05) is 24.3 Å². The zero-order valence-corrected chi connectivity index (χ0v) is 16.3. The number of sulfonamides is 1. The number of nitrogens with two attached hydrogens (primary N) is 1. The molecule has 0 aliphatic rings. The van der Waals surface area contributed by atoms with E-state index in [0.717, 1.165) is 22.4 Å². The van der Waals surface area contributed by atoms with Gasteiger partial charge >= 0.3 is 0 Å². The van der Waals surface area contributed by atoms with Crippen molar-refractivity contribution in [3.05, 3.63) is 52.5 Å². The van der Waals surface area contributed by atoms with Crippen LogP contribution in [0.1, 0.15) is 5.56 Å². The van der Waals surface area contributed by atoms with E-state index >= 15 is 0 Å². The van der Waals surface area contributed by atoms with Crippen molar-refractivity contribution in [3.8, 4) is 0 Å². The Kier molecular flexibility index (Phi) is 5.38. The van der Waals surface area contributed by atoms with Gasteiger partial charge in [0.15, 0.2) is 9.84 Å². The Bertz CT molecular complexity index is 955. The summed E-state index contributed by atoms with van der Waals surface area (Å²) in [6.07, 6.45) is 1.03. The van der Waals surface area contributed by atoms with Gasteiger partial charge in [-0.25, -0.2) is 22.0 Å². The van der Waals surface area contributed by atoms with Gasteiger partial charge in [-0.2, -0.15) is 0 Å². The van der Waals surface area contributed by atoms with Crippen LogP contribution in [0.25, 0.3) is 0 Å². The molecule has 2 rings (SSSR count). The van der Waals surface area contributed by atoms with Gasteiger partial charge in [0, 0.05) is 24.3 Å². The second-order valence-electron chi connectivity index (χ2n) is 5.43. The van der Waals surface area contributed by atoms with Crippen LogP contribution in [0.3, 0.4) is 0 Å². The van der Waals surface area contributed by atoms with Crippen LogP contribution in [-0.2, 0) is 26.4 Å². The Morgan fingerprint density at radius 2 is 1.62 bits per heavy atom. The normalized spacial score (nSPS) is 12.2. The summed E-state index contributed by atoms with van der Waals surface area (Å²) in [4.78, 5) is 1.43. The van der Waals surface area contributed by atoms with E-state index in [9.17, 15) is 16.8 Å². The van der Waals surface area contributed by atoms with Crippen LogP contribution in [0.4, 0.5) is 5.69 Å². The zero-order chi connectivity index (χ0) is 18.1. The molecule has 0 aliphatic heterocycles. The molecule has 0 bridgehead atoms. The summed E-state index contributed by atoms with van der Waals surface area (Å²) in [5.74, 6) is 0. The van der Waals surface area contributed by atoms with Crippen molar-refractivity contribution in [1.82, 2.24) is 0 Å². The number of anilines is 1. The van der Waals surface area contributed by atoms with E-state index in [-0.39, 0.29) is 9.79 Å². The van der Waals surface area contributed by atoms with Gasteiger partial charge in [0.05, 0.1) is 15.5 Å². The topological polar surface area (TPSA) is 97.5 Å². The molecule has 0 radical (unpaired) electrons. The molecule has 2 aromatic rings. The Morgan fingerprint density at radius 3 is 2.12 bits per heavy atom. The fourth-order valence-corrected chi connectivity index (χ4v) is 4.06. The van der Waals surface area contributed by atoms with Crippen molar-refractivity contribution in [2.75, 3.05) is 18.2 Å². The highest BCUT2D eigenvalue weighted by Gasteiger charge is 2.20. The molecule has 9 heteroatoms. The quantitative estimate of drug-likeness (QED) is 0.779. The molecule has 0 saturated carbocycles. The van der Waals surface area contributed by atoms with Gasteiger partial charge in [-0.3, -0.25) is 0 Å². The molecule has 0 unspecified atom stereocenters. The van der Waals surface area contributed by atoms with Gasteiger partial charge in [0.2, 0.25) is 10.0 Å². The van der Waals surface area contributed by atoms with Crippen LogP contribution in [-0.4, -0.2) is 30.1 Å². The van der Waals surface area contributed by atoms with Crippen molar-refractivity contribution >= 4 is 41.5 Å². The monoisotopic (exact) mass is 432 g/mol. The molecule has 2 N–H and O–H groups in total. The van der Waals surface area contributed by atoms with Crippen LogP contribution in [0.5, 0.6) is 0 Å². The fraction of sp³-hybridized carbons (Fsp3) is 0.200. The molecular formula is C15H17BrN2O4S2. The van der Waals surface area contributed by atoms with Gasteiger partial charge in [0.25, 0.3) is 0 Å². The lowest BCUT2D eigenvalue weighted by atomic mass is 10.2. The second-order valence-corrected chi connectivity index (χ2v) is 9.89. The smallest absolute Gasteiger partial charge is 0.238 e. The molecule has 0 aromatic heterocycles. The summed E-state index contributed by atoms with van der Waals surface area (Å²) in [5, 5.41) is 5.09.